The summed E-state index contributed by atoms with van der Waals surface area (Å²) in [5.74, 6) is 0.390. The number of methoxy groups -OCH3 is 1. The van der Waals surface area contributed by atoms with E-state index in [-0.39, 0.29) is 4.90 Å². The summed E-state index contributed by atoms with van der Waals surface area (Å²) in [5.41, 5.74) is 7.01. The first-order valence-corrected chi connectivity index (χ1v) is 7.92. The van der Waals surface area contributed by atoms with Gasteiger partial charge in [0, 0.05) is 11.8 Å². The highest BCUT2D eigenvalue weighted by Gasteiger charge is 2.18. The normalized spacial score (nSPS) is 11.2. The van der Waals surface area contributed by atoms with Crippen molar-refractivity contribution in [3.8, 4) is 5.75 Å². The molecule has 0 saturated heterocycles. The molecular formula is C14H15ClN2O3S. The topological polar surface area (TPSA) is 81.4 Å². The lowest BCUT2D eigenvalue weighted by Gasteiger charge is -2.12. The van der Waals surface area contributed by atoms with E-state index in [1.54, 1.807) is 31.2 Å². The molecular weight excluding hydrogens is 312 g/mol. The molecule has 0 aliphatic heterocycles. The molecule has 0 atom stereocenters. The van der Waals surface area contributed by atoms with E-state index in [9.17, 15) is 8.42 Å². The van der Waals surface area contributed by atoms with Crippen molar-refractivity contribution in [1.82, 2.24) is 0 Å². The number of rotatable bonds is 4. The summed E-state index contributed by atoms with van der Waals surface area (Å²) in [7, 11) is -2.27. The Labute approximate surface area is 128 Å². The van der Waals surface area contributed by atoms with Gasteiger partial charge < -0.3 is 10.5 Å². The number of nitrogens with one attached hydrogen (secondary N) is 1. The third-order valence-electron chi connectivity index (χ3n) is 2.91. The van der Waals surface area contributed by atoms with Crippen LogP contribution >= 0.6 is 11.6 Å². The third-order valence-corrected chi connectivity index (χ3v) is 4.74. The van der Waals surface area contributed by atoms with Crippen molar-refractivity contribution in [2.45, 2.75) is 11.8 Å². The molecule has 0 heterocycles. The van der Waals surface area contributed by atoms with Gasteiger partial charge in [-0.3, -0.25) is 4.72 Å². The van der Waals surface area contributed by atoms with Crippen molar-refractivity contribution in [1.29, 1.82) is 0 Å². The predicted molar refractivity (Wildman–Crippen MR) is 84.4 cm³/mol. The van der Waals surface area contributed by atoms with Crippen molar-refractivity contribution >= 4 is 33.0 Å². The van der Waals surface area contributed by atoms with Gasteiger partial charge in [-0.05, 0) is 36.8 Å². The van der Waals surface area contributed by atoms with E-state index in [2.05, 4.69) is 4.72 Å². The van der Waals surface area contributed by atoms with E-state index in [0.717, 1.165) is 0 Å². The molecule has 3 N–H and O–H groups in total. The van der Waals surface area contributed by atoms with Crippen LogP contribution in [0.4, 0.5) is 11.4 Å². The van der Waals surface area contributed by atoms with Gasteiger partial charge in [0.2, 0.25) is 0 Å². The van der Waals surface area contributed by atoms with Gasteiger partial charge in [-0.2, -0.15) is 0 Å². The van der Waals surface area contributed by atoms with Gasteiger partial charge in [0.1, 0.15) is 5.75 Å². The highest BCUT2D eigenvalue weighted by Crippen LogP contribution is 2.29. The second kappa shape index (κ2) is 5.83. The molecule has 2 rings (SSSR count). The van der Waals surface area contributed by atoms with Gasteiger partial charge in [0.05, 0.1) is 22.7 Å². The van der Waals surface area contributed by atoms with Crippen LogP contribution in [0.15, 0.2) is 41.3 Å². The molecule has 112 valence electrons. The SMILES string of the molecule is COc1cc(NS(=O)(=O)c2cc(N)ccc2C)ccc1Cl. The van der Waals surface area contributed by atoms with Crippen molar-refractivity contribution < 1.29 is 13.2 Å². The molecule has 0 aliphatic rings. The second-order valence-corrected chi connectivity index (χ2v) is 6.54. The maximum Gasteiger partial charge on any atom is 0.262 e. The van der Waals surface area contributed by atoms with Crippen LogP contribution in [-0.2, 0) is 10.0 Å². The van der Waals surface area contributed by atoms with Crippen LogP contribution in [-0.4, -0.2) is 15.5 Å². The molecule has 0 unspecified atom stereocenters. The number of hydrogen-bond donors (Lipinski definition) is 2. The molecule has 0 fully saturated rings. The average molecular weight is 327 g/mol. The van der Waals surface area contributed by atoms with Crippen LogP contribution in [0.1, 0.15) is 5.56 Å². The van der Waals surface area contributed by atoms with Crippen LogP contribution in [0.25, 0.3) is 0 Å². The van der Waals surface area contributed by atoms with Crippen LogP contribution in [0.3, 0.4) is 0 Å². The molecule has 21 heavy (non-hydrogen) atoms. The van der Waals surface area contributed by atoms with Crippen LogP contribution < -0.4 is 15.2 Å². The summed E-state index contributed by atoms with van der Waals surface area (Å²) in [5, 5.41) is 0.403. The number of halogens is 1. The molecule has 7 heteroatoms. The fourth-order valence-electron chi connectivity index (χ4n) is 1.84. The van der Waals surface area contributed by atoms with E-state index in [1.807, 2.05) is 0 Å². The highest BCUT2D eigenvalue weighted by molar-refractivity contribution is 7.92. The van der Waals surface area contributed by atoms with Crippen molar-refractivity contribution in [3.05, 3.63) is 47.0 Å². The maximum atomic E-state index is 12.4. The number of sulfonamides is 1. The van der Waals surface area contributed by atoms with Gasteiger partial charge in [0.15, 0.2) is 0 Å². The summed E-state index contributed by atoms with van der Waals surface area (Å²) in [6, 6.07) is 9.37. The minimum absolute atomic E-state index is 0.136. The summed E-state index contributed by atoms with van der Waals surface area (Å²) in [6.45, 7) is 1.70. The first-order chi connectivity index (χ1) is 9.83. The molecule has 0 bridgehead atoms. The van der Waals surface area contributed by atoms with E-state index in [4.69, 9.17) is 22.1 Å². The van der Waals surface area contributed by atoms with Gasteiger partial charge in [-0.25, -0.2) is 8.42 Å². The highest BCUT2D eigenvalue weighted by atomic mass is 35.5. The Bertz CT molecular complexity index is 776. The standard InChI is InChI=1S/C14H15ClN2O3S/c1-9-3-4-10(16)7-14(9)21(18,19)17-11-5-6-12(15)13(8-11)20-2/h3-8,17H,16H2,1-2H3. The number of ether oxygens (including phenoxy) is 1. The minimum Gasteiger partial charge on any atom is -0.495 e. The summed E-state index contributed by atoms with van der Waals surface area (Å²) in [6.07, 6.45) is 0. The van der Waals surface area contributed by atoms with Gasteiger partial charge >= 0.3 is 0 Å². The zero-order valence-electron chi connectivity index (χ0n) is 11.6. The van der Waals surface area contributed by atoms with E-state index < -0.39 is 10.0 Å². The molecule has 5 nitrogen and oxygen atoms in total. The van der Waals surface area contributed by atoms with Gasteiger partial charge in [-0.15, -0.1) is 0 Å². The number of benzene rings is 2. The first kappa shape index (κ1) is 15.5. The Morgan fingerprint density at radius 2 is 1.90 bits per heavy atom. The molecule has 0 radical (unpaired) electrons. The smallest absolute Gasteiger partial charge is 0.262 e. The quantitative estimate of drug-likeness (QED) is 0.846. The molecule has 0 spiro atoms. The van der Waals surface area contributed by atoms with Gasteiger partial charge in [0.25, 0.3) is 10.0 Å². The summed E-state index contributed by atoms with van der Waals surface area (Å²) >= 11 is 5.91. The number of anilines is 2. The number of hydrogen-bond acceptors (Lipinski definition) is 4. The Morgan fingerprint density at radius 1 is 1.19 bits per heavy atom. The number of nitrogen functional groups attached to an aromatic ring is 1. The van der Waals surface area contributed by atoms with Crippen LogP contribution in [0, 0.1) is 6.92 Å². The molecule has 0 amide bonds. The monoisotopic (exact) mass is 326 g/mol. The lowest BCUT2D eigenvalue weighted by atomic mass is 10.2. The fourth-order valence-corrected chi connectivity index (χ4v) is 3.36. The van der Waals surface area contributed by atoms with Gasteiger partial charge in [-0.1, -0.05) is 17.7 Å². The van der Waals surface area contributed by atoms with E-state index in [0.29, 0.717) is 27.7 Å². The van der Waals surface area contributed by atoms with Crippen molar-refractivity contribution in [2.24, 2.45) is 0 Å². The largest absolute Gasteiger partial charge is 0.495 e. The Kier molecular flexibility index (Phi) is 4.29. The summed E-state index contributed by atoms with van der Waals surface area (Å²) in [4.78, 5) is 0.136. The number of aryl methyl sites for hydroxylation is 1. The predicted octanol–water partition coefficient (Wildman–Crippen LogP) is 3.04. The molecule has 2 aromatic rings. The molecule has 0 aromatic heterocycles. The molecule has 0 aliphatic carbocycles. The Balaban J connectivity index is 2.40. The Hall–Kier alpha value is -1.92. The average Bonchev–Trinajstić information content (AvgIpc) is 2.43. The number of nitrogens with two attached hydrogens (primary N) is 1. The maximum absolute atomic E-state index is 12.4. The van der Waals surface area contributed by atoms with Crippen LogP contribution in [0.2, 0.25) is 5.02 Å². The minimum atomic E-state index is -3.73. The summed E-state index contributed by atoms with van der Waals surface area (Å²) < 4.78 is 32.4. The fraction of sp³-hybridized carbons (Fsp3) is 0.143. The third kappa shape index (κ3) is 3.40. The van der Waals surface area contributed by atoms with Crippen LogP contribution in [0.5, 0.6) is 5.75 Å². The first-order valence-electron chi connectivity index (χ1n) is 6.06. The Morgan fingerprint density at radius 3 is 2.57 bits per heavy atom. The molecule has 2 aromatic carbocycles. The second-order valence-electron chi connectivity index (χ2n) is 4.48. The zero-order chi connectivity index (χ0) is 15.6. The van der Waals surface area contributed by atoms with E-state index in [1.165, 1.54) is 19.2 Å². The lowest BCUT2D eigenvalue weighted by molar-refractivity contribution is 0.415. The van der Waals surface area contributed by atoms with Crippen molar-refractivity contribution in [2.75, 3.05) is 17.6 Å². The lowest BCUT2D eigenvalue weighted by Crippen LogP contribution is -2.14. The zero-order valence-corrected chi connectivity index (χ0v) is 13.1. The molecule has 0 saturated carbocycles. The van der Waals surface area contributed by atoms with Crippen molar-refractivity contribution in [3.63, 3.8) is 0 Å². The van der Waals surface area contributed by atoms with E-state index >= 15 is 0 Å².